The number of ether oxygens (including phenoxy) is 3. The van der Waals surface area contributed by atoms with Crippen LogP contribution in [-0.4, -0.2) is 43.5 Å². The molecule has 0 saturated carbocycles. The van der Waals surface area contributed by atoms with Gasteiger partial charge in [-0.15, -0.1) is 0 Å². The maximum Gasteiger partial charge on any atom is 0.281 e. The third-order valence-electron chi connectivity index (χ3n) is 5.96. The average molecular weight is 576 g/mol. The second-order valence-electron chi connectivity index (χ2n) is 9.58. The minimum absolute atomic E-state index is 0.0333. The number of amides is 1. The van der Waals surface area contributed by atoms with Gasteiger partial charge in [0.15, 0.2) is 13.9 Å². The first kappa shape index (κ1) is 28.0. The van der Waals surface area contributed by atoms with Crippen LogP contribution < -0.4 is 18.5 Å². The second-order valence-corrected chi connectivity index (χ2v) is 16.2. The molecule has 8 nitrogen and oxygen atoms in total. The Balaban J connectivity index is 2.06. The summed E-state index contributed by atoms with van der Waals surface area (Å²) in [5.41, 5.74) is -0.955. The number of sulfonamides is 1. The molecule has 0 aliphatic carbocycles. The van der Waals surface area contributed by atoms with Gasteiger partial charge in [0.05, 0.1) is 26.5 Å². The van der Waals surface area contributed by atoms with Gasteiger partial charge in [-0.3, -0.25) is 4.79 Å². The van der Waals surface area contributed by atoms with Crippen molar-refractivity contribution in [1.82, 2.24) is 0 Å². The lowest BCUT2D eigenvalue weighted by atomic mass is 9.87. The maximum atomic E-state index is 14.7. The zero-order chi connectivity index (χ0) is 27.9. The zero-order valence-corrected chi connectivity index (χ0v) is 24.6. The van der Waals surface area contributed by atoms with E-state index in [0.29, 0.717) is 34.3 Å². The van der Waals surface area contributed by atoms with Crippen LogP contribution in [0.25, 0.3) is 0 Å². The van der Waals surface area contributed by atoms with Crippen molar-refractivity contribution in [3.8, 4) is 17.2 Å². The average Bonchev–Trinajstić information content (AvgIpc) is 3.11. The molecule has 4 rings (SSSR count). The maximum absolute atomic E-state index is 14.7. The molecule has 1 atom stereocenters. The highest BCUT2D eigenvalue weighted by Crippen LogP contribution is 2.53. The van der Waals surface area contributed by atoms with E-state index in [1.165, 1.54) is 38.5 Å². The van der Waals surface area contributed by atoms with E-state index in [1.54, 1.807) is 36.4 Å². The number of fused-ring (bicyclic) bond motifs is 1. The van der Waals surface area contributed by atoms with E-state index < -0.39 is 29.8 Å². The molecule has 3 aromatic rings. The third kappa shape index (κ3) is 4.66. The van der Waals surface area contributed by atoms with Crippen LogP contribution in [0.15, 0.2) is 65.6 Å². The number of hydrogen-bond donors (Lipinski definition) is 0. The Kier molecular flexibility index (Phi) is 7.55. The van der Waals surface area contributed by atoms with Gasteiger partial charge in [0.1, 0.15) is 22.1 Å². The van der Waals surface area contributed by atoms with E-state index in [2.05, 4.69) is 0 Å². The Morgan fingerprint density at radius 3 is 2.26 bits per heavy atom. The number of anilines is 1. The number of methoxy groups -OCH3 is 2. The van der Waals surface area contributed by atoms with Gasteiger partial charge in [-0.25, -0.2) is 8.42 Å². The number of hydrogen-bond acceptors (Lipinski definition) is 7. The van der Waals surface area contributed by atoms with E-state index in [0.717, 1.165) is 4.31 Å². The molecule has 1 aliphatic rings. The van der Waals surface area contributed by atoms with Gasteiger partial charge in [-0.1, -0.05) is 29.8 Å². The van der Waals surface area contributed by atoms with Crippen molar-refractivity contribution in [3.05, 3.63) is 76.8 Å². The molecule has 202 valence electrons. The lowest BCUT2D eigenvalue weighted by Gasteiger charge is -2.36. The summed E-state index contributed by atoms with van der Waals surface area (Å²) in [6, 6.07) is 15.9. The monoisotopic (exact) mass is 575 g/mol. The number of para-hydroxylation sites is 1. The third-order valence-corrected chi connectivity index (χ3v) is 8.85. The number of rotatable bonds is 9. The number of nitrogens with zero attached hydrogens (tertiary/aromatic N) is 1. The van der Waals surface area contributed by atoms with Gasteiger partial charge >= 0.3 is 0 Å². The van der Waals surface area contributed by atoms with Gasteiger partial charge in [0.25, 0.3) is 15.9 Å². The molecular weight excluding hydrogens is 546 g/mol. The molecule has 38 heavy (non-hydrogen) atoms. The normalized spacial score (nSPS) is 17.3. The molecule has 1 aliphatic heterocycles. The lowest BCUT2D eigenvalue weighted by molar-refractivity contribution is -0.129. The van der Waals surface area contributed by atoms with Crippen LogP contribution in [0.2, 0.25) is 24.7 Å². The second kappa shape index (κ2) is 10.3. The molecule has 1 unspecified atom stereocenters. The van der Waals surface area contributed by atoms with Crippen molar-refractivity contribution in [2.24, 2.45) is 0 Å². The molecule has 1 heterocycles. The summed E-state index contributed by atoms with van der Waals surface area (Å²) in [4.78, 5) is 14.5. The smallest absolute Gasteiger partial charge is 0.281 e. The van der Waals surface area contributed by atoms with Gasteiger partial charge in [0, 0.05) is 22.2 Å². The van der Waals surface area contributed by atoms with Crippen LogP contribution in [0.5, 0.6) is 17.2 Å². The summed E-state index contributed by atoms with van der Waals surface area (Å²) in [5, 5.41) is 0.329. The van der Waals surface area contributed by atoms with Crippen molar-refractivity contribution in [2.75, 3.05) is 25.1 Å². The summed E-state index contributed by atoms with van der Waals surface area (Å²) in [6.45, 7) is 7.95. The molecule has 0 saturated heterocycles. The molecule has 0 bridgehead atoms. The van der Waals surface area contributed by atoms with E-state index >= 15 is 0 Å². The minimum atomic E-state index is -4.49. The molecule has 0 radical (unpaired) electrons. The molecule has 11 heteroatoms. The minimum Gasteiger partial charge on any atom is -0.497 e. The standard InChI is InChI=1S/C27H30ClNO7SSi/c1-7-35-23-11-9-8-10-20(23)27(36-38(4,5)6)21-16-18(28)12-14-22(21)29(26(27)30)37(31,32)25-15-13-19(33-2)17-24(25)34-3/h8-17H,7H2,1-6H3. The molecular formula is C27H30ClNO7SSi. The number of carbonyl (C=O) groups excluding carboxylic acids is 1. The van der Waals surface area contributed by atoms with Crippen molar-refractivity contribution in [3.63, 3.8) is 0 Å². The molecule has 3 aromatic carbocycles. The SMILES string of the molecule is CCOc1ccccc1C1(O[Si](C)(C)C)C(=O)N(S(=O)(=O)c2ccc(OC)cc2OC)c2ccc(Cl)cc21. The number of carbonyl (C=O) groups is 1. The molecule has 0 spiro atoms. The van der Waals surface area contributed by atoms with Gasteiger partial charge < -0.3 is 18.6 Å². The van der Waals surface area contributed by atoms with Crippen molar-refractivity contribution in [2.45, 2.75) is 37.1 Å². The highest BCUT2D eigenvalue weighted by molar-refractivity contribution is 7.93. The summed E-state index contributed by atoms with van der Waals surface area (Å²) in [6.07, 6.45) is 0. The van der Waals surface area contributed by atoms with E-state index in [4.69, 9.17) is 30.2 Å². The first-order valence-corrected chi connectivity index (χ1v) is 17.2. The first-order valence-electron chi connectivity index (χ1n) is 11.9. The Labute approximate surface area is 229 Å². The Hall–Kier alpha value is -3.05. The highest BCUT2D eigenvalue weighted by Gasteiger charge is 2.60. The molecule has 0 aromatic heterocycles. The topological polar surface area (TPSA) is 91.4 Å². The fraction of sp³-hybridized carbons (Fsp3) is 0.296. The van der Waals surface area contributed by atoms with Crippen LogP contribution in [0, 0.1) is 0 Å². The van der Waals surface area contributed by atoms with Crippen LogP contribution >= 0.6 is 11.6 Å². The van der Waals surface area contributed by atoms with E-state index in [9.17, 15) is 13.2 Å². The first-order chi connectivity index (χ1) is 17.9. The lowest BCUT2D eigenvalue weighted by Crippen LogP contribution is -2.50. The number of halogens is 1. The molecule has 0 fully saturated rings. The summed E-state index contributed by atoms with van der Waals surface area (Å²) in [5.74, 6) is 0.0600. The van der Waals surface area contributed by atoms with Gasteiger partial charge in [-0.05, 0) is 63.0 Å². The quantitative estimate of drug-likeness (QED) is 0.307. The van der Waals surface area contributed by atoms with Gasteiger partial charge in [-0.2, -0.15) is 4.31 Å². The Morgan fingerprint density at radius 2 is 1.63 bits per heavy atom. The molecule has 1 amide bonds. The Morgan fingerprint density at radius 1 is 0.921 bits per heavy atom. The van der Waals surface area contributed by atoms with Crippen LogP contribution in [-0.2, 0) is 24.8 Å². The van der Waals surface area contributed by atoms with Crippen LogP contribution in [0.3, 0.4) is 0 Å². The van der Waals surface area contributed by atoms with Gasteiger partial charge in [0.2, 0.25) is 0 Å². The highest BCUT2D eigenvalue weighted by atomic mass is 35.5. The van der Waals surface area contributed by atoms with Crippen molar-refractivity contribution >= 4 is 41.5 Å². The fourth-order valence-electron chi connectivity index (χ4n) is 4.57. The number of benzene rings is 3. The Bertz CT molecular complexity index is 1490. The summed E-state index contributed by atoms with van der Waals surface area (Å²) in [7, 11) is -4.20. The zero-order valence-electron chi connectivity index (χ0n) is 22.1. The summed E-state index contributed by atoms with van der Waals surface area (Å²) < 4.78 is 52.5. The van der Waals surface area contributed by atoms with Crippen LogP contribution in [0.4, 0.5) is 5.69 Å². The largest absolute Gasteiger partial charge is 0.497 e. The summed E-state index contributed by atoms with van der Waals surface area (Å²) >= 11 is 6.43. The van der Waals surface area contributed by atoms with Crippen LogP contribution in [0.1, 0.15) is 18.1 Å². The predicted octanol–water partition coefficient (Wildman–Crippen LogP) is 5.59. The predicted molar refractivity (Wildman–Crippen MR) is 148 cm³/mol. The van der Waals surface area contributed by atoms with Crippen molar-refractivity contribution in [1.29, 1.82) is 0 Å². The molecule has 0 N–H and O–H groups in total. The van der Waals surface area contributed by atoms with E-state index in [1.807, 2.05) is 26.6 Å². The van der Waals surface area contributed by atoms with Crippen molar-refractivity contribution < 1.29 is 31.8 Å². The fourth-order valence-corrected chi connectivity index (χ4v) is 7.57. The van der Waals surface area contributed by atoms with E-state index in [-0.39, 0.29) is 16.3 Å².